The summed E-state index contributed by atoms with van der Waals surface area (Å²) in [6.45, 7) is 0.455. The summed E-state index contributed by atoms with van der Waals surface area (Å²) in [5.41, 5.74) is 0.736. The van der Waals surface area contributed by atoms with Crippen molar-refractivity contribution < 1.29 is 13.2 Å². The minimum absolute atomic E-state index is 0.159. The first kappa shape index (κ1) is 19.9. The lowest BCUT2D eigenvalue weighted by Crippen LogP contribution is -2.45. The highest BCUT2D eigenvalue weighted by Crippen LogP contribution is 2.27. The molecule has 1 aliphatic heterocycles. The SMILES string of the molecule is CSc1cccc(NC(=O)C[C@H]2CCCCN2S(=O)(=O)c2ccccc2)c1. The number of rotatable bonds is 6. The molecule has 144 valence electrons. The summed E-state index contributed by atoms with van der Waals surface area (Å²) in [5, 5.41) is 2.90. The molecular formula is C20H24N2O3S2. The predicted octanol–water partition coefficient (Wildman–Crippen LogP) is 3.98. The van der Waals surface area contributed by atoms with Crippen LogP contribution in [0.25, 0.3) is 0 Å². The third kappa shape index (κ3) is 4.91. The van der Waals surface area contributed by atoms with Crippen LogP contribution in [0.5, 0.6) is 0 Å². The van der Waals surface area contributed by atoms with Gasteiger partial charge in [-0.1, -0.05) is 30.7 Å². The number of hydrogen-bond donors (Lipinski definition) is 1. The summed E-state index contributed by atoms with van der Waals surface area (Å²) in [6, 6.07) is 15.8. The van der Waals surface area contributed by atoms with Crippen molar-refractivity contribution >= 4 is 33.4 Å². The lowest BCUT2D eigenvalue weighted by molar-refractivity contribution is -0.117. The number of carbonyl (C=O) groups is 1. The number of nitrogens with zero attached hydrogens (tertiary/aromatic N) is 1. The number of amides is 1. The molecule has 7 heteroatoms. The lowest BCUT2D eigenvalue weighted by atomic mass is 10.0. The van der Waals surface area contributed by atoms with Crippen LogP contribution >= 0.6 is 11.8 Å². The molecule has 27 heavy (non-hydrogen) atoms. The molecule has 1 heterocycles. The number of carbonyl (C=O) groups excluding carboxylic acids is 1. The quantitative estimate of drug-likeness (QED) is 0.740. The van der Waals surface area contributed by atoms with Crippen LogP contribution in [0.4, 0.5) is 5.69 Å². The molecule has 1 amide bonds. The molecule has 0 unspecified atom stereocenters. The number of sulfonamides is 1. The van der Waals surface area contributed by atoms with Crippen LogP contribution in [0.3, 0.4) is 0 Å². The molecule has 2 aromatic rings. The average Bonchev–Trinajstić information content (AvgIpc) is 2.69. The van der Waals surface area contributed by atoms with Crippen LogP contribution in [-0.2, 0) is 14.8 Å². The van der Waals surface area contributed by atoms with Crippen molar-refractivity contribution in [2.45, 2.75) is 41.5 Å². The van der Waals surface area contributed by atoms with E-state index in [0.717, 1.165) is 23.4 Å². The molecule has 0 spiro atoms. The highest BCUT2D eigenvalue weighted by Gasteiger charge is 2.34. The predicted molar refractivity (Wildman–Crippen MR) is 109 cm³/mol. The summed E-state index contributed by atoms with van der Waals surface area (Å²) in [4.78, 5) is 13.9. The third-order valence-corrected chi connectivity index (χ3v) is 7.39. The molecule has 0 saturated carbocycles. The largest absolute Gasteiger partial charge is 0.326 e. The van der Waals surface area contributed by atoms with Crippen molar-refractivity contribution in [3.63, 3.8) is 0 Å². The van der Waals surface area contributed by atoms with Crippen LogP contribution in [-0.4, -0.2) is 37.5 Å². The van der Waals surface area contributed by atoms with Crippen molar-refractivity contribution in [3.8, 4) is 0 Å². The summed E-state index contributed by atoms with van der Waals surface area (Å²) < 4.78 is 27.5. The molecule has 5 nitrogen and oxygen atoms in total. The standard InChI is InChI=1S/C20H24N2O3S2/c1-26-18-10-7-8-16(14-18)21-20(23)15-17-9-5-6-13-22(17)27(24,25)19-11-3-2-4-12-19/h2-4,7-8,10-12,14,17H,5-6,9,13,15H2,1H3,(H,21,23)/t17-/m1/s1. The molecule has 1 aliphatic rings. The number of anilines is 1. The average molecular weight is 405 g/mol. The zero-order valence-electron chi connectivity index (χ0n) is 15.3. The normalized spacial score (nSPS) is 18.2. The van der Waals surface area contributed by atoms with Gasteiger partial charge in [0.1, 0.15) is 0 Å². The van der Waals surface area contributed by atoms with E-state index >= 15 is 0 Å². The highest BCUT2D eigenvalue weighted by atomic mass is 32.2. The Labute approximate surface area is 165 Å². The number of benzene rings is 2. The maximum Gasteiger partial charge on any atom is 0.243 e. The summed E-state index contributed by atoms with van der Waals surface area (Å²) in [6.07, 6.45) is 4.59. The van der Waals surface area contributed by atoms with Crippen molar-refractivity contribution in [1.82, 2.24) is 4.31 Å². The molecule has 0 aliphatic carbocycles. The van der Waals surface area contributed by atoms with Gasteiger partial charge < -0.3 is 5.32 Å². The van der Waals surface area contributed by atoms with Gasteiger partial charge in [-0.15, -0.1) is 11.8 Å². The van der Waals surface area contributed by atoms with Gasteiger partial charge in [-0.3, -0.25) is 4.79 Å². The Morgan fingerprint density at radius 3 is 2.67 bits per heavy atom. The van der Waals surface area contributed by atoms with Gasteiger partial charge in [-0.2, -0.15) is 4.31 Å². The monoisotopic (exact) mass is 404 g/mol. The number of piperidine rings is 1. The van der Waals surface area contributed by atoms with Crippen LogP contribution in [0.1, 0.15) is 25.7 Å². The first-order chi connectivity index (χ1) is 13.0. The van der Waals surface area contributed by atoms with Crippen molar-refractivity contribution in [1.29, 1.82) is 0 Å². The molecule has 3 rings (SSSR count). The number of thioether (sulfide) groups is 1. The van der Waals surface area contributed by atoms with Crippen molar-refractivity contribution in [3.05, 3.63) is 54.6 Å². The molecular weight excluding hydrogens is 380 g/mol. The van der Waals surface area contributed by atoms with E-state index in [2.05, 4.69) is 5.32 Å². The van der Waals surface area contributed by atoms with Crippen molar-refractivity contribution in [2.24, 2.45) is 0 Å². The van der Waals surface area contributed by atoms with Crippen molar-refractivity contribution in [2.75, 3.05) is 18.1 Å². The van der Waals surface area contributed by atoms with E-state index in [1.165, 1.54) is 4.31 Å². The Kier molecular flexibility index (Phi) is 6.57. The molecule has 0 bridgehead atoms. The van der Waals surface area contributed by atoms with Gasteiger partial charge in [0, 0.05) is 29.6 Å². The van der Waals surface area contributed by atoms with Gasteiger partial charge in [0.05, 0.1) is 4.90 Å². The number of nitrogens with one attached hydrogen (secondary N) is 1. The molecule has 1 N–H and O–H groups in total. The Hall–Kier alpha value is -1.83. The maximum absolute atomic E-state index is 13.0. The van der Waals surface area contributed by atoms with Crippen LogP contribution in [0, 0.1) is 0 Å². The maximum atomic E-state index is 13.0. The van der Waals surface area contributed by atoms with E-state index in [9.17, 15) is 13.2 Å². The van der Waals surface area contributed by atoms with Crippen LogP contribution in [0.2, 0.25) is 0 Å². The van der Waals surface area contributed by atoms with Gasteiger partial charge in [0.2, 0.25) is 15.9 Å². The fraction of sp³-hybridized carbons (Fsp3) is 0.350. The molecule has 1 saturated heterocycles. The molecule has 0 radical (unpaired) electrons. The minimum atomic E-state index is -3.59. The Bertz CT molecular complexity index is 885. The summed E-state index contributed by atoms with van der Waals surface area (Å²) in [5.74, 6) is -0.159. The molecule has 2 aromatic carbocycles. The Balaban J connectivity index is 1.73. The van der Waals surface area contributed by atoms with E-state index < -0.39 is 10.0 Å². The smallest absolute Gasteiger partial charge is 0.243 e. The van der Waals surface area contributed by atoms with E-state index in [0.29, 0.717) is 13.0 Å². The lowest BCUT2D eigenvalue weighted by Gasteiger charge is -2.34. The topological polar surface area (TPSA) is 66.5 Å². The van der Waals surface area contributed by atoms with Gasteiger partial charge in [0.15, 0.2) is 0 Å². The van der Waals surface area contributed by atoms with Crippen LogP contribution in [0.15, 0.2) is 64.4 Å². The zero-order valence-corrected chi connectivity index (χ0v) is 16.9. The van der Waals surface area contributed by atoms with E-state index in [1.807, 2.05) is 30.5 Å². The zero-order chi connectivity index (χ0) is 19.3. The van der Waals surface area contributed by atoms with Gasteiger partial charge in [-0.05, 0) is 49.4 Å². The fourth-order valence-corrected chi connectivity index (χ4v) is 5.52. The van der Waals surface area contributed by atoms with Gasteiger partial charge >= 0.3 is 0 Å². The summed E-state index contributed by atoms with van der Waals surface area (Å²) >= 11 is 1.61. The Morgan fingerprint density at radius 2 is 1.93 bits per heavy atom. The second-order valence-electron chi connectivity index (χ2n) is 6.56. The molecule has 1 fully saturated rings. The van der Waals surface area contributed by atoms with E-state index in [4.69, 9.17) is 0 Å². The Morgan fingerprint density at radius 1 is 1.15 bits per heavy atom. The second-order valence-corrected chi connectivity index (χ2v) is 9.33. The first-order valence-corrected chi connectivity index (χ1v) is 11.7. The van der Waals surface area contributed by atoms with Crippen LogP contribution < -0.4 is 5.32 Å². The highest BCUT2D eigenvalue weighted by molar-refractivity contribution is 7.98. The van der Waals surface area contributed by atoms with Gasteiger partial charge in [0.25, 0.3) is 0 Å². The first-order valence-electron chi connectivity index (χ1n) is 9.01. The third-order valence-electron chi connectivity index (χ3n) is 4.70. The van der Waals surface area contributed by atoms with Gasteiger partial charge in [-0.25, -0.2) is 8.42 Å². The molecule has 0 aromatic heterocycles. The number of hydrogen-bond acceptors (Lipinski definition) is 4. The summed E-state index contributed by atoms with van der Waals surface area (Å²) in [7, 11) is -3.59. The second kappa shape index (κ2) is 8.91. The van der Waals surface area contributed by atoms with E-state index in [1.54, 1.807) is 42.1 Å². The minimum Gasteiger partial charge on any atom is -0.326 e. The fourth-order valence-electron chi connectivity index (χ4n) is 3.35. The molecule has 1 atom stereocenters. The van der Waals surface area contributed by atoms with E-state index in [-0.39, 0.29) is 23.3 Å².